The summed E-state index contributed by atoms with van der Waals surface area (Å²) >= 11 is 3.35. The molecule has 0 spiro atoms. The summed E-state index contributed by atoms with van der Waals surface area (Å²) in [6.07, 6.45) is -1.84. The summed E-state index contributed by atoms with van der Waals surface area (Å²) in [5.74, 6) is -1.66. The van der Waals surface area contributed by atoms with Gasteiger partial charge >= 0.3 is 5.97 Å². The second-order valence-electron chi connectivity index (χ2n) is 7.62. The highest BCUT2D eigenvalue weighted by Crippen LogP contribution is 2.46. The summed E-state index contributed by atoms with van der Waals surface area (Å²) in [6, 6.07) is 11.7. The number of aliphatic hydroxyl groups is 1. The lowest BCUT2D eigenvalue weighted by Crippen LogP contribution is -2.58. The van der Waals surface area contributed by atoms with E-state index in [0.717, 1.165) is 0 Å². The summed E-state index contributed by atoms with van der Waals surface area (Å²) in [6.45, 7) is 6.78. The number of rotatable bonds is 7. The Morgan fingerprint density at radius 3 is 2.52 bits per heavy atom. The number of hydrogen-bond acceptors (Lipinski definition) is 6. The summed E-state index contributed by atoms with van der Waals surface area (Å²) in [5.41, 5.74) is -0.192. The Balaban J connectivity index is 2.27. The van der Waals surface area contributed by atoms with Crippen molar-refractivity contribution in [2.45, 2.75) is 45.4 Å². The highest BCUT2D eigenvalue weighted by atomic mass is 79.9. The van der Waals surface area contributed by atoms with Gasteiger partial charge in [-0.05, 0) is 52.0 Å². The Hall–Kier alpha value is -2.71. The average molecular weight is 489 g/mol. The van der Waals surface area contributed by atoms with Crippen LogP contribution in [0, 0.1) is 0 Å². The Bertz CT molecular complexity index is 1040. The highest BCUT2D eigenvalue weighted by molar-refractivity contribution is 9.10. The lowest BCUT2D eigenvalue weighted by molar-refractivity contribution is -0.159. The van der Waals surface area contributed by atoms with Gasteiger partial charge in [0.2, 0.25) is 0 Å². The lowest BCUT2D eigenvalue weighted by atomic mass is 9.84. The molecule has 164 valence electrons. The maximum Gasteiger partial charge on any atom is 0.338 e. The number of hydrogen-bond donors (Lipinski definition) is 2. The van der Waals surface area contributed by atoms with E-state index in [2.05, 4.69) is 21.2 Å². The third-order valence-corrected chi connectivity index (χ3v) is 5.77. The number of nitrogens with one attached hydrogen (secondary N) is 1. The molecule has 0 radical (unpaired) electrons. The number of amides is 1. The van der Waals surface area contributed by atoms with Gasteiger partial charge in [-0.3, -0.25) is 9.59 Å². The Kier molecular flexibility index (Phi) is 6.52. The van der Waals surface area contributed by atoms with Crippen LogP contribution in [0.15, 0.2) is 46.9 Å². The van der Waals surface area contributed by atoms with E-state index in [1.54, 1.807) is 49.4 Å². The molecule has 3 rings (SSSR count). The number of anilines is 2. The van der Waals surface area contributed by atoms with Crippen molar-refractivity contribution < 1.29 is 24.2 Å². The molecule has 0 bridgehead atoms. The molecule has 1 heterocycles. The fraction of sp³-hybridized carbons (Fsp3) is 0.348. The van der Waals surface area contributed by atoms with Gasteiger partial charge < -0.3 is 20.1 Å². The van der Waals surface area contributed by atoms with Gasteiger partial charge in [-0.1, -0.05) is 34.1 Å². The van der Waals surface area contributed by atoms with Gasteiger partial charge in [-0.2, -0.15) is 0 Å². The van der Waals surface area contributed by atoms with E-state index in [4.69, 9.17) is 4.74 Å². The second kappa shape index (κ2) is 8.80. The van der Waals surface area contributed by atoms with E-state index in [9.17, 15) is 19.5 Å². The van der Waals surface area contributed by atoms with Crippen LogP contribution in [0.1, 0.15) is 43.6 Å². The van der Waals surface area contributed by atoms with Crippen molar-refractivity contribution in [1.29, 1.82) is 0 Å². The number of para-hydroxylation sites is 1. The van der Waals surface area contributed by atoms with Gasteiger partial charge in [0.05, 0.1) is 12.3 Å². The largest absolute Gasteiger partial charge is 0.464 e. The summed E-state index contributed by atoms with van der Waals surface area (Å²) in [4.78, 5) is 40.3. The second-order valence-corrected chi connectivity index (χ2v) is 8.54. The minimum absolute atomic E-state index is 0.0483. The Morgan fingerprint density at radius 2 is 1.90 bits per heavy atom. The van der Waals surface area contributed by atoms with Crippen LogP contribution >= 0.6 is 15.9 Å². The zero-order chi connectivity index (χ0) is 22.9. The lowest BCUT2D eigenvalue weighted by Gasteiger charge is -2.35. The predicted molar refractivity (Wildman–Crippen MR) is 121 cm³/mol. The standard InChI is InChI=1S/C23H25BrN2O5/c1-5-31-21(29)20(28)23(25-18-11-10-15(24)12-16(18)14(4)27)17-8-6-7-9-19(17)26(13(2)3)22(23)30/h6-13,20,25,28H,5H2,1-4H3. The monoisotopic (exact) mass is 488 g/mol. The third-order valence-electron chi connectivity index (χ3n) is 5.27. The first-order chi connectivity index (χ1) is 14.6. The van der Waals surface area contributed by atoms with Crippen molar-refractivity contribution in [3.8, 4) is 0 Å². The zero-order valence-corrected chi connectivity index (χ0v) is 19.4. The summed E-state index contributed by atoms with van der Waals surface area (Å²) in [7, 11) is 0. The number of ether oxygens (including phenoxy) is 1. The molecule has 2 aromatic rings. The molecule has 1 aliphatic heterocycles. The third kappa shape index (κ3) is 3.85. The predicted octanol–water partition coefficient (Wildman–Crippen LogP) is 3.64. The first kappa shape index (κ1) is 23.0. The van der Waals surface area contributed by atoms with E-state index in [1.165, 1.54) is 11.8 Å². The zero-order valence-electron chi connectivity index (χ0n) is 17.8. The van der Waals surface area contributed by atoms with Gasteiger partial charge in [0, 0.05) is 27.3 Å². The van der Waals surface area contributed by atoms with Crippen LogP contribution in [0.3, 0.4) is 0 Å². The highest BCUT2D eigenvalue weighted by Gasteiger charge is 2.59. The van der Waals surface area contributed by atoms with Crippen molar-refractivity contribution >= 4 is 45.0 Å². The van der Waals surface area contributed by atoms with Gasteiger partial charge in [0.1, 0.15) is 0 Å². The molecule has 0 saturated heterocycles. The van der Waals surface area contributed by atoms with Crippen LogP contribution in [0.5, 0.6) is 0 Å². The molecule has 31 heavy (non-hydrogen) atoms. The number of carbonyl (C=O) groups is 3. The number of benzene rings is 2. The molecule has 0 fully saturated rings. The quantitative estimate of drug-likeness (QED) is 0.456. The number of ketones is 1. The molecule has 8 heteroatoms. The Morgan fingerprint density at radius 1 is 1.23 bits per heavy atom. The number of esters is 1. The van der Waals surface area contributed by atoms with Crippen LogP contribution in [-0.4, -0.2) is 41.5 Å². The van der Waals surface area contributed by atoms with Gasteiger partial charge in [0.25, 0.3) is 5.91 Å². The van der Waals surface area contributed by atoms with Crippen LogP contribution < -0.4 is 10.2 Å². The molecular weight excluding hydrogens is 464 g/mol. The van der Waals surface area contributed by atoms with Crippen LogP contribution in [-0.2, 0) is 19.9 Å². The number of fused-ring (bicyclic) bond motifs is 1. The maximum atomic E-state index is 13.8. The van der Waals surface area contributed by atoms with Crippen molar-refractivity contribution in [3.05, 3.63) is 58.1 Å². The number of carbonyl (C=O) groups excluding carboxylic acids is 3. The molecule has 2 unspecified atom stereocenters. The van der Waals surface area contributed by atoms with Crippen LogP contribution in [0.25, 0.3) is 0 Å². The minimum Gasteiger partial charge on any atom is -0.464 e. The first-order valence-corrected chi connectivity index (χ1v) is 10.8. The first-order valence-electron chi connectivity index (χ1n) is 10.0. The Labute approximate surface area is 189 Å². The van der Waals surface area contributed by atoms with Crippen molar-refractivity contribution in [2.24, 2.45) is 0 Å². The average Bonchev–Trinajstić information content (AvgIpc) is 2.97. The van der Waals surface area contributed by atoms with E-state index in [-0.39, 0.29) is 18.4 Å². The normalized spacial score (nSPS) is 18.7. The number of Topliss-reactive ketones (excluding diaryl/α,β-unsaturated/α-hetero) is 1. The van der Waals surface area contributed by atoms with Gasteiger partial charge in [0.15, 0.2) is 17.4 Å². The van der Waals surface area contributed by atoms with E-state index < -0.39 is 23.5 Å². The van der Waals surface area contributed by atoms with E-state index >= 15 is 0 Å². The molecule has 1 amide bonds. The molecule has 0 aromatic heterocycles. The molecular formula is C23H25BrN2O5. The molecule has 0 aliphatic carbocycles. The molecule has 1 aliphatic rings. The summed E-state index contributed by atoms with van der Waals surface area (Å²) < 4.78 is 5.75. The van der Waals surface area contributed by atoms with Crippen molar-refractivity contribution in [1.82, 2.24) is 0 Å². The fourth-order valence-electron chi connectivity index (χ4n) is 3.93. The minimum atomic E-state index is -1.86. The SMILES string of the molecule is CCOC(=O)C(O)C1(Nc2ccc(Br)cc2C(C)=O)C(=O)N(C(C)C)c2ccccc21. The van der Waals surface area contributed by atoms with E-state index in [1.807, 2.05) is 13.8 Å². The fourth-order valence-corrected chi connectivity index (χ4v) is 4.29. The van der Waals surface area contributed by atoms with Crippen molar-refractivity contribution in [3.63, 3.8) is 0 Å². The van der Waals surface area contributed by atoms with Crippen LogP contribution in [0.4, 0.5) is 11.4 Å². The topological polar surface area (TPSA) is 95.9 Å². The van der Waals surface area contributed by atoms with Gasteiger partial charge in [-0.25, -0.2) is 4.79 Å². The molecule has 0 saturated carbocycles. The smallest absolute Gasteiger partial charge is 0.338 e. The number of halogens is 1. The maximum absolute atomic E-state index is 13.8. The molecule has 2 aromatic carbocycles. The molecule has 7 nitrogen and oxygen atoms in total. The number of nitrogens with zero attached hydrogens (tertiary/aromatic N) is 1. The summed E-state index contributed by atoms with van der Waals surface area (Å²) in [5, 5.41) is 14.3. The molecule has 2 N–H and O–H groups in total. The number of aliphatic hydroxyl groups excluding tert-OH is 1. The van der Waals surface area contributed by atoms with Crippen LogP contribution in [0.2, 0.25) is 0 Å². The molecule has 2 atom stereocenters. The van der Waals surface area contributed by atoms with Gasteiger partial charge in [-0.15, -0.1) is 0 Å². The van der Waals surface area contributed by atoms with Crippen molar-refractivity contribution in [2.75, 3.05) is 16.8 Å². The van der Waals surface area contributed by atoms with E-state index in [0.29, 0.717) is 27.0 Å².